The van der Waals surface area contributed by atoms with Crippen molar-refractivity contribution < 1.29 is 19.0 Å². The van der Waals surface area contributed by atoms with E-state index in [1.807, 2.05) is 42.5 Å². The molecule has 0 bridgehead atoms. The molecule has 0 amide bonds. The van der Waals surface area contributed by atoms with Crippen LogP contribution in [-0.2, 0) is 16.1 Å². The minimum atomic E-state index is -0.335. The smallest absolute Gasteiger partial charge is 0.337 e. The second kappa shape index (κ2) is 8.07. The molecule has 0 saturated heterocycles. The van der Waals surface area contributed by atoms with Gasteiger partial charge in [0.2, 0.25) is 0 Å². The Morgan fingerprint density at radius 2 is 1.67 bits per heavy atom. The van der Waals surface area contributed by atoms with Crippen molar-refractivity contribution in [2.75, 3.05) is 20.3 Å². The first-order chi connectivity index (χ1) is 10.3. The standard InChI is InChI=1S/C17H18O4/c1-19-17(18)15-9-7-14(8-10-15)13-20-11-12-21-16-5-3-2-4-6-16/h2-10H,11-13H2,1H3. The van der Waals surface area contributed by atoms with E-state index in [0.717, 1.165) is 11.3 Å². The molecule has 0 aliphatic rings. The molecule has 0 atom stereocenters. The lowest BCUT2D eigenvalue weighted by Crippen LogP contribution is -2.07. The van der Waals surface area contributed by atoms with Gasteiger partial charge in [-0.15, -0.1) is 0 Å². The van der Waals surface area contributed by atoms with Crippen LogP contribution in [0, 0.1) is 0 Å². The van der Waals surface area contributed by atoms with Gasteiger partial charge in [-0.1, -0.05) is 30.3 Å². The Bertz CT molecular complexity index is 549. The van der Waals surface area contributed by atoms with Crippen LogP contribution in [0.5, 0.6) is 5.75 Å². The molecule has 0 heterocycles. The number of ether oxygens (including phenoxy) is 3. The fourth-order valence-corrected chi connectivity index (χ4v) is 1.78. The largest absolute Gasteiger partial charge is 0.491 e. The lowest BCUT2D eigenvalue weighted by atomic mass is 10.1. The van der Waals surface area contributed by atoms with E-state index in [2.05, 4.69) is 4.74 Å². The number of carbonyl (C=O) groups is 1. The van der Waals surface area contributed by atoms with Gasteiger partial charge in [0.05, 0.1) is 25.9 Å². The second-order valence-electron chi connectivity index (χ2n) is 4.40. The van der Waals surface area contributed by atoms with E-state index in [1.165, 1.54) is 7.11 Å². The van der Waals surface area contributed by atoms with Crippen LogP contribution in [0.2, 0.25) is 0 Å². The molecular weight excluding hydrogens is 268 g/mol. The van der Waals surface area contributed by atoms with Gasteiger partial charge in [0.25, 0.3) is 0 Å². The van der Waals surface area contributed by atoms with Crippen molar-refractivity contribution in [2.24, 2.45) is 0 Å². The quantitative estimate of drug-likeness (QED) is 0.579. The summed E-state index contributed by atoms with van der Waals surface area (Å²) in [6.45, 7) is 1.50. The minimum absolute atomic E-state index is 0.335. The topological polar surface area (TPSA) is 44.8 Å². The van der Waals surface area contributed by atoms with E-state index in [0.29, 0.717) is 25.4 Å². The average Bonchev–Trinajstić information content (AvgIpc) is 2.55. The van der Waals surface area contributed by atoms with Crippen molar-refractivity contribution in [3.05, 3.63) is 65.7 Å². The average molecular weight is 286 g/mol. The number of rotatable bonds is 7. The van der Waals surface area contributed by atoms with Crippen molar-refractivity contribution in [1.82, 2.24) is 0 Å². The van der Waals surface area contributed by atoms with Gasteiger partial charge >= 0.3 is 5.97 Å². The van der Waals surface area contributed by atoms with Gasteiger partial charge in [-0.2, -0.15) is 0 Å². The summed E-state index contributed by atoms with van der Waals surface area (Å²) < 4.78 is 15.7. The Labute approximate surface area is 124 Å². The Kier molecular flexibility index (Phi) is 5.79. The number of hydrogen-bond acceptors (Lipinski definition) is 4. The summed E-state index contributed by atoms with van der Waals surface area (Å²) in [5.41, 5.74) is 1.54. The number of hydrogen-bond donors (Lipinski definition) is 0. The fraction of sp³-hybridized carbons (Fsp3) is 0.235. The molecule has 2 rings (SSSR count). The molecule has 0 aliphatic carbocycles. The van der Waals surface area contributed by atoms with Crippen LogP contribution >= 0.6 is 0 Å². The highest BCUT2D eigenvalue weighted by Crippen LogP contribution is 2.09. The highest BCUT2D eigenvalue weighted by Gasteiger charge is 2.04. The monoisotopic (exact) mass is 286 g/mol. The Balaban J connectivity index is 1.68. The van der Waals surface area contributed by atoms with Crippen molar-refractivity contribution >= 4 is 5.97 Å². The predicted molar refractivity (Wildman–Crippen MR) is 79.4 cm³/mol. The molecule has 2 aromatic rings. The summed E-state index contributed by atoms with van der Waals surface area (Å²) in [5.74, 6) is 0.502. The third kappa shape index (κ3) is 4.93. The molecule has 0 aromatic heterocycles. The van der Waals surface area contributed by atoms with Crippen molar-refractivity contribution in [1.29, 1.82) is 0 Å². The van der Waals surface area contributed by atoms with Crippen LogP contribution in [0.3, 0.4) is 0 Å². The van der Waals surface area contributed by atoms with Gasteiger partial charge in [-0.3, -0.25) is 0 Å². The van der Waals surface area contributed by atoms with E-state index in [4.69, 9.17) is 9.47 Å². The molecule has 4 heteroatoms. The van der Waals surface area contributed by atoms with E-state index >= 15 is 0 Å². The molecular formula is C17H18O4. The molecule has 4 nitrogen and oxygen atoms in total. The lowest BCUT2D eigenvalue weighted by molar-refractivity contribution is 0.0600. The molecule has 21 heavy (non-hydrogen) atoms. The molecule has 0 radical (unpaired) electrons. The summed E-state index contributed by atoms with van der Waals surface area (Å²) in [6, 6.07) is 16.8. The molecule has 0 unspecified atom stereocenters. The first-order valence-electron chi connectivity index (χ1n) is 6.72. The van der Waals surface area contributed by atoms with Crippen molar-refractivity contribution in [3.8, 4) is 5.75 Å². The summed E-state index contributed by atoms with van der Waals surface area (Å²) >= 11 is 0. The van der Waals surface area contributed by atoms with Crippen molar-refractivity contribution in [2.45, 2.75) is 6.61 Å². The predicted octanol–water partition coefficient (Wildman–Crippen LogP) is 3.07. The molecule has 0 N–H and O–H groups in total. The summed E-state index contributed by atoms with van der Waals surface area (Å²) in [5, 5.41) is 0. The number of methoxy groups -OCH3 is 1. The number of esters is 1. The maximum absolute atomic E-state index is 11.3. The van der Waals surface area contributed by atoms with E-state index in [1.54, 1.807) is 12.1 Å². The van der Waals surface area contributed by atoms with Crippen LogP contribution in [0.25, 0.3) is 0 Å². The van der Waals surface area contributed by atoms with Crippen LogP contribution in [0.4, 0.5) is 0 Å². The summed E-state index contributed by atoms with van der Waals surface area (Å²) in [6.07, 6.45) is 0. The van der Waals surface area contributed by atoms with Crippen molar-refractivity contribution in [3.63, 3.8) is 0 Å². The van der Waals surface area contributed by atoms with Crippen LogP contribution in [-0.4, -0.2) is 26.3 Å². The van der Waals surface area contributed by atoms with E-state index in [9.17, 15) is 4.79 Å². The SMILES string of the molecule is COC(=O)c1ccc(COCCOc2ccccc2)cc1. The molecule has 0 aliphatic heterocycles. The first-order valence-corrected chi connectivity index (χ1v) is 6.72. The Hall–Kier alpha value is -2.33. The zero-order valence-corrected chi connectivity index (χ0v) is 12.0. The van der Waals surface area contributed by atoms with Crippen LogP contribution < -0.4 is 4.74 Å². The Morgan fingerprint density at radius 3 is 2.33 bits per heavy atom. The molecule has 2 aromatic carbocycles. The molecule has 110 valence electrons. The molecule has 0 spiro atoms. The van der Waals surface area contributed by atoms with Crippen LogP contribution in [0.15, 0.2) is 54.6 Å². The lowest BCUT2D eigenvalue weighted by Gasteiger charge is -2.07. The number of carbonyl (C=O) groups excluding carboxylic acids is 1. The number of benzene rings is 2. The Morgan fingerprint density at radius 1 is 0.952 bits per heavy atom. The third-order valence-electron chi connectivity index (χ3n) is 2.88. The summed E-state index contributed by atoms with van der Waals surface area (Å²) in [7, 11) is 1.37. The molecule has 0 fully saturated rings. The normalized spacial score (nSPS) is 10.1. The maximum Gasteiger partial charge on any atom is 0.337 e. The van der Waals surface area contributed by atoms with Gasteiger partial charge in [-0.25, -0.2) is 4.79 Å². The first kappa shape index (κ1) is 15.1. The number of para-hydroxylation sites is 1. The minimum Gasteiger partial charge on any atom is -0.491 e. The van der Waals surface area contributed by atoms with Gasteiger partial charge in [0.1, 0.15) is 12.4 Å². The highest BCUT2D eigenvalue weighted by molar-refractivity contribution is 5.89. The van der Waals surface area contributed by atoms with Gasteiger partial charge in [0.15, 0.2) is 0 Å². The maximum atomic E-state index is 11.3. The zero-order chi connectivity index (χ0) is 14.9. The second-order valence-corrected chi connectivity index (χ2v) is 4.40. The van der Waals surface area contributed by atoms with Crippen LogP contribution in [0.1, 0.15) is 15.9 Å². The molecule has 0 saturated carbocycles. The van der Waals surface area contributed by atoms with E-state index in [-0.39, 0.29) is 5.97 Å². The van der Waals surface area contributed by atoms with Gasteiger partial charge in [-0.05, 0) is 29.8 Å². The highest BCUT2D eigenvalue weighted by atomic mass is 16.5. The fourth-order valence-electron chi connectivity index (χ4n) is 1.78. The zero-order valence-electron chi connectivity index (χ0n) is 12.0. The van der Waals surface area contributed by atoms with Gasteiger partial charge in [0, 0.05) is 0 Å². The van der Waals surface area contributed by atoms with Gasteiger partial charge < -0.3 is 14.2 Å². The summed E-state index contributed by atoms with van der Waals surface area (Å²) in [4.78, 5) is 11.3. The van der Waals surface area contributed by atoms with E-state index < -0.39 is 0 Å². The third-order valence-corrected chi connectivity index (χ3v) is 2.88.